The van der Waals surface area contributed by atoms with Crippen LogP contribution in [0.15, 0.2) is 46.4 Å². The van der Waals surface area contributed by atoms with E-state index in [1.165, 1.54) is 4.90 Å². The van der Waals surface area contributed by atoms with E-state index in [0.29, 0.717) is 30.2 Å². The van der Waals surface area contributed by atoms with E-state index in [1.807, 2.05) is 19.1 Å². The number of aliphatic hydroxyl groups excluding tert-OH is 1. The molecule has 1 amide bonds. The van der Waals surface area contributed by atoms with Crippen LogP contribution in [-0.4, -0.2) is 41.0 Å². The quantitative estimate of drug-likeness (QED) is 0.498. The van der Waals surface area contributed by atoms with Crippen molar-refractivity contribution >= 4 is 17.4 Å². The van der Waals surface area contributed by atoms with Crippen molar-refractivity contribution in [2.24, 2.45) is 0 Å². The summed E-state index contributed by atoms with van der Waals surface area (Å²) in [6.45, 7) is 4.69. The Morgan fingerprint density at radius 3 is 2.50 bits per heavy atom. The molecule has 0 radical (unpaired) electrons. The average Bonchev–Trinajstić information content (AvgIpc) is 3.39. The third-order valence-corrected chi connectivity index (χ3v) is 5.32. The lowest BCUT2D eigenvalue weighted by atomic mass is 9.98. The van der Waals surface area contributed by atoms with Crippen molar-refractivity contribution < 1.29 is 23.8 Å². The molecule has 3 heterocycles. The van der Waals surface area contributed by atoms with Crippen molar-refractivity contribution in [3.63, 3.8) is 0 Å². The SMILES string of the molecule is Cc1ccc(/C(O)=C2/C(=O)C(=O)N(CC3CCCO3)C2c2ccc(C)o2)cc1. The Hall–Kier alpha value is -2.86. The van der Waals surface area contributed by atoms with Gasteiger partial charge in [0.1, 0.15) is 23.3 Å². The van der Waals surface area contributed by atoms with Gasteiger partial charge in [0.15, 0.2) is 0 Å². The van der Waals surface area contributed by atoms with Crippen molar-refractivity contribution in [1.29, 1.82) is 0 Å². The zero-order valence-corrected chi connectivity index (χ0v) is 16.0. The normalized spacial score (nSPS) is 24.3. The summed E-state index contributed by atoms with van der Waals surface area (Å²) in [6.07, 6.45) is 1.66. The molecule has 2 aromatic rings. The van der Waals surface area contributed by atoms with E-state index < -0.39 is 17.7 Å². The molecule has 1 aromatic heterocycles. The number of rotatable bonds is 4. The number of benzene rings is 1. The first-order chi connectivity index (χ1) is 13.5. The molecule has 2 saturated heterocycles. The third kappa shape index (κ3) is 3.24. The number of nitrogens with zero attached hydrogens (tertiary/aromatic N) is 1. The lowest BCUT2D eigenvalue weighted by Crippen LogP contribution is -2.36. The summed E-state index contributed by atoms with van der Waals surface area (Å²) in [7, 11) is 0. The molecule has 2 fully saturated rings. The lowest BCUT2D eigenvalue weighted by molar-refractivity contribution is -0.141. The molecule has 2 aliphatic heterocycles. The minimum atomic E-state index is -0.765. The van der Waals surface area contributed by atoms with Gasteiger partial charge in [0.2, 0.25) is 0 Å². The van der Waals surface area contributed by atoms with Crippen molar-refractivity contribution in [3.8, 4) is 0 Å². The topological polar surface area (TPSA) is 80.0 Å². The first kappa shape index (κ1) is 18.5. The first-order valence-corrected chi connectivity index (χ1v) is 9.49. The predicted octanol–water partition coefficient (Wildman–Crippen LogP) is 3.50. The van der Waals surface area contributed by atoms with Gasteiger partial charge in [-0.1, -0.05) is 29.8 Å². The number of Topliss-reactive ketones (excluding diaryl/α,β-unsaturated/α-hetero) is 1. The Balaban J connectivity index is 1.80. The fourth-order valence-corrected chi connectivity index (χ4v) is 3.84. The van der Waals surface area contributed by atoms with Gasteiger partial charge in [0.05, 0.1) is 11.7 Å². The van der Waals surface area contributed by atoms with Crippen LogP contribution < -0.4 is 0 Å². The molecule has 1 N–H and O–H groups in total. The zero-order chi connectivity index (χ0) is 19.8. The Bertz CT molecular complexity index is 934. The molecule has 28 heavy (non-hydrogen) atoms. The molecular formula is C22H23NO5. The smallest absolute Gasteiger partial charge is 0.295 e. The second kappa shape index (κ2) is 7.28. The number of likely N-dealkylation sites (tertiary alicyclic amines) is 1. The number of carbonyl (C=O) groups excluding carboxylic acids is 2. The van der Waals surface area contributed by atoms with Gasteiger partial charge in [0, 0.05) is 18.7 Å². The summed E-state index contributed by atoms with van der Waals surface area (Å²) in [6, 6.07) is 9.95. The van der Waals surface area contributed by atoms with Gasteiger partial charge in [-0.3, -0.25) is 9.59 Å². The monoisotopic (exact) mass is 381 g/mol. The number of aryl methyl sites for hydroxylation is 2. The van der Waals surface area contributed by atoms with Gasteiger partial charge in [-0.2, -0.15) is 0 Å². The summed E-state index contributed by atoms with van der Waals surface area (Å²) in [5.41, 5.74) is 1.59. The second-order valence-electron chi connectivity index (χ2n) is 7.40. The summed E-state index contributed by atoms with van der Waals surface area (Å²) >= 11 is 0. The van der Waals surface area contributed by atoms with E-state index in [2.05, 4.69) is 0 Å². The van der Waals surface area contributed by atoms with Crippen LogP contribution in [0.2, 0.25) is 0 Å². The van der Waals surface area contributed by atoms with Gasteiger partial charge < -0.3 is 19.2 Å². The van der Waals surface area contributed by atoms with Crippen LogP contribution in [0, 0.1) is 13.8 Å². The Labute approximate surface area is 163 Å². The van der Waals surface area contributed by atoms with Crippen LogP contribution in [0.25, 0.3) is 5.76 Å². The lowest BCUT2D eigenvalue weighted by Gasteiger charge is -2.25. The van der Waals surface area contributed by atoms with E-state index >= 15 is 0 Å². The Morgan fingerprint density at radius 2 is 1.89 bits per heavy atom. The van der Waals surface area contributed by atoms with Gasteiger partial charge in [0.25, 0.3) is 11.7 Å². The molecule has 6 nitrogen and oxygen atoms in total. The van der Waals surface area contributed by atoms with Gasteiger partial charge >= 0.3 is 0 Å². The molecule has 146 valence electrons. The minimum Gasteiger partial charge on any atom is -0.507 e. The maximum absolute atomic E-state index is 12.9. The fraction of sp³-hybridized carbons (Fsp3) is 0.364. The zero-order valence-electron chi connectivity index (χ0n) is 16.0. The van der Waals surface area contributed by atoms with Gasteiger partial charge in [-0.25, -0.2) is 0 Å². The van der Waals surface area contributed by atoms with Crippen LogP contribution in [0.4, 0.5) is 0 Å². The first-order valence-electron chi connectivity index (χ1n) is 9.49. The largest absolute Gasteiger partial charge is 0.507 e. The summed E-state index contributed by atoms with van der Waals surface area (Å²) < 4.78 is 11.4. The Morgan fingerprint density at radius 1 is 1.14 bits per heavy atom. The third-order valence-electron chi connectivity index (χ3n) is 5.32. The van der Waals surface area contributed by atoms with E-state index in [4.69, 9.17) is 9.15 Å². The fourth-order valence-electron chi connectivity index (χ4n) is 3.84. The number of ketones is 1. The van der Waals surface area contributed by atoms with Crippen LogP contribution in [0.3, 0.4) is 0 Å². The highest BCUT2D eigenvalue weighted by atomic mass is 16.5. The molecule has 1 aromatic carbocycles. The number of carbonyl (C=O) groups is 2. The highest BCUT2D eigenvalue weighted by Gasteiger charge is 2.48. The minimum absolute atomic E-state index is 0.0567. The molecule has 0 aliphatic carbocycles. The number of hydrogen-bond donors (Lipinski definition) is 1. The molecule has 4 rings (SSSR count). The van der Waals surface area contributed by atoms with Crippen molar-refractivity contribution in [2.45, 2.75) is 38.8 Å². The van der Waals surface area contributed by atoms with E-state index in [0.717, 1.165) is 18.4 Å². The molecule has 6 heteroatoms. The summed E-state index contributed by atoms with van der Waals surface area (Å²) in [5, 5.41) is 10.9. The number of amides is 1. The standard InChI is InChI=1S/C22H23NO5/c1-13-5-8-15(9-6-13)20(24)18-19(17-10-7-14(2)28-17)23(22(26)21(18)25)12-16-4-3-11-27-16/h5-10,16,19,24H,3-4,11-12H2,1-2H3/b20-18-. The van der Waals surface area contributed by atoms with Crippen LogP contribution >= 0.6 is 0 Å². The number of furan rings is 1. The molecule has 0 spiro atoms. The van der Waals surface area contributed by atoms with Crippen molar-refractivity contribution in [2.75, 3.05) is 13.2 Å². The summed E-state index contributed by atoms with van der Waals surface area (Å²) in [4.78, 5) is 27.2. The van der Waals surface area contributed by atoms with Gasteiger partial charge in [-0.15, -0.1) is 0 Å². The molecule has 2 unspecified atom stereocenters. The van der Waals surface area contributed by atoms with E-state index in [-0.39, 0.29) is 17.4 Å². The highest BCUT2D eigenvalue weighted by Crippen LogP contribution is 2.40. The highest BCUT2D eigenvalue weighted by molar-refractivity contribution is 6.46. The van der Waals surface area contributed by atoms with Crippen LogP contribution in [0.5, 0.6) is 0 Å². The predicted molar refractivity (Wildman–Crippen MR) is 103 cm³/mol. The molecule has 0 bridgehead atoms. The number of aliphatic hydroxyl groups is 1. The van der Waals surface area contributed by atoms with Crippen LogP contribution in [-0.2, 0) is 14.3 Å². The average molecular weight is 381 g/mol. The maximum atomic E-state index is 12.9. The molecular weight excluding hydrogens is 358 g/mol. The van der Waals surface area contributed by atoms with Crippen molar-refractivity contribution in [3.05, 3.63) is 64.6 Å². The second-order valence-corrected chi connectivity index (χ2v) is 7.40. The van der Waals surface area contributed by atoms with Gasteiger partial charge in [-0.05, 0) is 38.8 Å². The van der Waals surface area contributed by atoms with E-state index in [1.54, 1.807) is 31.2 Å². The number of hydrogen-bond acceptors (Lipinski definition) is 5. The van der Waals surface area contributed by atoms with Crippen LogP contribution in [0.1, 0.15) is 41.5 Å². The molecule has 2 atom stereocenters. The van der Waals surface area contributed by atoms with E-state index in [9.17, 15) is 14.7 Å². The van der Waals surface area contributed by atoms with Crippen molar-refractivity contribution in [1.82, 2.24) is 4.90 Å². The maximum Gasteiger partial charge on any atom is 0.295 e. The summed E-state index contributed by atoms with van der Waals surface area (Å²) in [5.74, 6) is -0.387. The Kier molecular flexibility index (Phi) is 4.81. The molecule has 2 aliphatic rings. The number of ether oxygens (including phenoxy) is 1. The molecule has 0 saturated carbocycles.